The number of hydrogen-bond donors (Lipinski definition) is 0. The summed E-state index contributed by atoms with van der Waals surface area (Å²) < 4.78 is 0. The normalized spacial score (nSPS) is 10.4. The first-order valence-electron chi connectivity index (χ1n) is 5.03. The van der Waals surface area contributed by atoms with Crippen LogP contribution < -0.4 is 0 Å². The van der Waals surface area contributed by atoms with E-state index in [4.69, 9.17) is 0 Å². The summed E-state index contributed by atoms with van der Waals surface area (Å²) in [5.41, 5.74) is 1.71. The smallest absolute Gasteiger partial charge is 0.169 e. The number of ketones is 1. The molecule has 0 atom stereocenters. The number of thiazole rings is 1. The van der Waals surface area contributed by atoms with E-state index in [2.05, 4.69) is 9.97 Å². The van der Waals surface area contributed by atoms with E-state index in [9.17, 15) is 4.79 Å². The van der Waals surface area contributed by atoms with E-state index >= 15 is 0 Å². The third-order valence-electron chi connectivity index (χ3n) is 2.39. The molecule has 0 amide bonds. The van der Waals surface area contributed by atoms with Crippen LogP contribution in [0.3, 0.4) is 0 Å². The number of nitrogens with zero attached hydrogens (tertiary/aromatic N) is 2. The molecule has 0 bridgehead atoms. The van der Waals surface area contributed by atoms with Crippen molar-refractivity contribution in [2.75, 3.05) is 0 Å². The van der Waals surface area contributed by atoms with E-state index in [0.29, 0.717) is 12.0 Å². The monoisotopic (exact) mass is 232 g/mol. The highest BCUT2D eigenvalue weighted by atomic mass is 32.1. The van der Waals surface area contributed by atoms with Crippen molar-refractivity contribution in [3.63, 3.8) is 0 Å². The van der Waals surface area contributed by atoms with Crippen LogP contribution in [-0.2, 0) is 6.42 Å². The van der Waals surface area contributed by atoms with Crippen molar-refractivity contribution in [1.82, 2.24) is 9.97 Å². The summed E-state index contributed by atoms with van der Waals surface area (Å²) in [6, 6.07) is 3.46. The van der Waals surface area contributed by atoms with E-state index in [0.717, 1.165) is 10.7 Å². The molecule has 0 spiro atoms. The second-order valence-electron chi connectivity index (χ2n) is 3.59. The number of rotatable bonds is 3. The van der Waals surface area contributed by atoms with Gasteiger partial charge >= 0.3 is 0 Å². The van der Waals surface area contributed by atoms with E-state index in [1.807, 2.05) is 13.8 Å². The number of carbonyl (C=O) groups excluding carboxylic acids is 1. The molecule has 2 rings (SSSR count). The average molecular weight is 232 g/mol. The first-order valence-corrected chi connectivity index (χ1v) is 5.84. The van der Waals surface area contributed by atoms with Crippen LogP contribution in [0.1, 0.15) is 25.9 Å². The van der Waals surface area contributed by atoms with Crippen molar-refractivity contribution >= 4 is 17.1 Å². The quantitative estimate of drug-likeness (QED) is 0.764. The minimum Gasteiger partial charge on any atom is -0.294 e. The number of aromatic nitrogens is 2. The van der Waals surface area contributed by atoms with Crippen LogP contribution in [0.4, 0.5) is 0 Å². The van der Waals surface area contributed by atoms with Crippen molar-refractivity contribution in [3.8, 4) is 0 Å². The van der Waals surface area contributed by atoms with Crippen LogP contribution in [0.15, 0.2) is 24.5 Å². The fourth-order valence-electron chi connectivity index (χ4n) is 1.39. The highest BCUT2D eigenvalue weighted by Crippen LogP contribution is 2.18. The molecule has 0 saturated carbocycles. The Kier molecular flexibility index (Phi) is 3.10. The topological polar surface area (TPSA) is 42.9 Å². The molecule has 2 aromatic heterocycles. The minimum absolute atomic E-state index is 0.0937. The molecule has 0 aliphatic carbocycles. The van der Waals surface area contributed by atoms with E-state index < -0.39 is 0 Å². The molecule has 2 heterocycles. The second-order valence-corrected chi connectivity index (χ2v) is 4.87. The molecule has 4 heteroatoms. The van der Waals surface area contributed by atoms with Gasteiger partial charge in [0.25, 0.3) is 0 Å². The third kappa shape index (κ3) is 2.33. The lowest BCUT2D eigenvalue weighted by atomic mass is 10.1. The zero-order valence-electron chi connectivity index (χ0n) is 9.23. The Morgan fingerprint density at radius 2 is 2.00 bits per heavy atom. The molecule has 0 fully saturated rings. The largest absolute Gasteiger partial charge is 0.294 e. The van der Waals surface area contributed by atoms with Crippen molar-refractivity contribution in [1.29, 1.82) is 0 Å². The molecule has 16 heavy (non-hydrogen) atoms. The summed E-state index contributed by atoms with van der Waals surface area (Å²) >= 11 is 1.59. The van der Waals surface area contributed by atoms with Crippen molar-refractivity contribution < 1.29 is 4.79 Å². The Labute approximate surface area is 98.2 Å². The lowest BCUT2D eigenvalue weighted by molar-refractivity contribution is 0.0993. The van der Waals surface area contributed by atoms with Gasteiger partial charge in [-0.2, -0.15) is 0 Å². The summed E-state index contributed by atoms with van der Waals surface area (Å²) in [5.74, 6) is 0.0937. The Balaban J connectivity index is 2.14. The van der Waals surface area contributed by atoms with Gasteiger partial charge in [0, 0.05) is 22.8 Å². The number of hydrogen-bond acceptors (Lipinski definition) is 4. The van der Waals surface area contributed by atoms with E-state index in [1.165, 1.54) is 4.88 Å². The number of carbonyl (C=O) groups is 1. The van der Waals surface area contributed by atoms with Gasteiger partial charge in [0.1, 0.15) is 5.01 Å². The SMILES string of the molecule is Cc1nc(CC(=O)c2ccncc2)sc1C. The van der Waals surface area contributed by atoms with Gasteiger partial charge in [-0.3, -0.25) is 9.78 Å². The van der Waals surface area contributed by atoms with Crippen LogP contribution in [0.25, 0.3) is 0 Å². The number of aryl methyl sites for hydroxylation is 2. The van der Waals surface area contributed by atoms with Gasteiger partial charge in [0.15, 0.2) is 5.78 Å². The maximum atomic E-state index is 11.9. The van der Waals surface area contributed by atoms with Crippen LogP contribution in [0.5, 0.6) is 0 Å². The number of pyridine rings is 1. The van der Waals surface area contributed by atoms with Gasteiger partial charge in [-0.25, -0.2) is 4.98 Å². The zero-order chi connectivity index (χ0) is 11.5. The van der Waals surface area contributed by atoms with Crippen molar-refractivity contribution in [2.45, 2.75) is 20.3 Å². The van der Waals surface area contributed by atoms with E-state index in [-0.39, 0.29) is 5.78 Å². The third-order valence-corrected chi connectivity index (χ3v) is 3.46. The molecule has 0 aromatic carbocycles. The Morgan fingerprint density at radius 3 is 2.56 bits per heavy atom. The van der Waals surface area contributed by atoms with Crippen molar-refractivity contribution in [2.24, 2.45) is 0 Å². The van der Waals surface area contributed by atoms with Crippen LogP contribution in [0.2, 0.25) is 0 Å². The Bertz CT molecular complexity index is 485. The molecule has 2 aromatic rings. The Morgan fingerprint density at radius 1 is 1.31 bits per heavy atom. The zero-order valence-corrected chi connectivity index (χ0v) is 10.0. The highest BCUT2D eigenvalue weighted by molar-refractivity contribution is 7.11. The van der Waals surface area contributed by atoms with E-state index in [1.54, 1.807) is 35.9 Å². The number of Topliss-reactive ketones (excluding diaryl/α,β-unsaturated/α-hetero) is 1. The predicted molar refractivity (Wildman–Crippen MR) is 63.9 cm³/mol. The molecule has 0 N–H and O–H groups in total. The fourth-order valence-corrected chi connectivity index (χ4v) is 2.32. The lowest BCUT2D eigenvalue weighted by Crippen LogP contribution is -2.03. The molecule has 0 saturated heterocycles. The standard InChI is InChI=1S/C12H12N2OS/c1-8-9(2)16-12(14-8)7-11(15)10-3-5-13-6-4-10/h3-6H,7H2,1-2H3. The molecule has 0 aliphatic heterocycles. The van der Waals surface area contributed by atoms with Crippen molar-refractivity contribution in [3.05, 3.63) is 45.7 Å². The summed E-state index contributed by atoms with van der Waals surface area (Å²) in [7, 11) is 0. The van der Waals surface area contributed by atoms with Gasteiger partial charge in [0.05, 0.1) is 12.1 Å². The highest BCUT2D eigenvalue weighted by Gasteiger charge is 2.10. The van der Waals surface area contributed by atoms with Crippen LogP contribution in [-0.4, -0.2) is 15.8 Å². The first kappa shape index (κ1) is 11.0. The summed E-state index contributed by atoms with van der Waals surface area (Å²) in [6.45, 7) is 3.99. The average Bonchev–Trinajstić information content (AvgIpc) is 2.59. The molecule has 3 nitrogen and oxygen atoms in total. The van der Waals surface area contributed by atoms with Gasteiger partial charge in [-0.15, -0.1) is 11.3 Å². The van der Waals surface area contributed by atoms with Gasteiger partial charge < -0.3 is 0 Å². The van der Waals surface area contributed by atoms with Crippen LogP contribution >= 0.6 is 11.3 Å². The first-order chi connectivity index (χ1) is 7.66. The summed E-state index contributed by atoms with van der Waals surface area (Å²) in [5, 5.41) is 0.886. The van der Waals surface area contributed by atoms with Gasteiger partial charge in [0.2, 0.25) is 0 Å². The summed E-state index contributed by atoms with van der Waals surface area (Å²) in [4.78, 5) is 21.3. The molecule has 82 valence electrons. The molecular weight excluding hydrogens is 220 g/mol. The minimum atomic E-state index is 0.0937. The molecular formula is C12H12N2OS. The molecule has 0 aliphatic rings. The second kappa shape index (κ2) is 4.53. The Hall–Kier alpha value is -1.55. The fraction of sp³-hybridized carbons (Fsp3) is 0.250. The van der Waals surface area contributed by atoms with Gasteiger partial charge in [-0.05, 0) is 26.0 Å². The van der Waals surface area contributed by atoms with Gasteiger partial charge in [-0.1, -0.05) is 0 Å². The maximum absolute atomic E-state index is 11.9. The molecule has 0 radical (unpaired) electrons. The maximum Gasteiger partial charge on any atom is 0.169 e. The molecule has 0 unspecified atom stereocenters. The summed E-state index contributed by atoms with van der Waals surface area (Å²) in [6.07, 6.45) is 3.64. The van der Waals surface area contributed by atoms with Crippen LogP contribution in [0, 0.1) is 13.8 Å². The lowest BCUT2D eigenvalue weighted by Gasteiger charge is -1.96. The predicted octanol–water partition coefficient (Wildman–Crippen LogP) is 2.58.